The fourth-order valence-corrected chi connectivity index (χ4v) is 2.55. The molecular formula is C11H12N2O. The molecule has 14 heavy (non-hydrogen) atoms. The number of nitrogens with two attached hydrogens (primary N) is 1. The van der Waals surface area contributed by atoms with E-state index in [2.05, 4.69) is 5.32 Å². The summed E-state index contributed by atoms with van der Waals surface area (Å²) in [7, 11) is 0. The van der Waals surface area contributed by atoms with Gasteiger partial charge in [-0.15, -0.1) is 0 Å². The van der Waals surface area contributed by atoms with E-state index >= 15 is 0 Å². The Morgan fingerprint density at radius 3 is 2.86 bits per heavy atom. The molecule has 2 aliphatic rings. The second-order valence-electron chi connectivity index (χ2n) is 4.12. The summed E-state index contributed by atoms with van der Waals surface area (Å²) in [4.78, 5) is 11.9. The molecule has 1 saturated carbocycles. The molecule has 1 aliphatic heterocycles. The van der Waals surface area contributed by atoms with Crippen LogP contribution in [0.25, 0.3) is 0 Å². The first-order valence-corrected chi connectivity index (χ1v) is 4.92. The van der Waals surface area contributed by atoms with E-state index in [1.165, 1.54) is 0 Å². The Balaban J connectivity index is 2.20. The van der Waals surface area contributed by atoms with Gasteiger partial charge in [0.05, 0.1) is 5.41 Å². The van der Waals surface area contributed by atoms with Gasteiger partial charge in [-0.3, -0.25) is 4.79 Å². The van der Waals surface area contributed by atoms with Crippen LogP contribution >= 0.6 is 0 Å². The van der Waals surface area contributed by atoms with Crippen molar-refractivity contribution in [2.24, 2.45) is 5.73 Å². The molecule has 0 radical (unpaired) electrons. The summed E-state index contributed by atoms with van der Waals surface area (Å²) in [6.07, 6.45) is 1.83. The summed E-state index contributed by atoms with van der Waals surface area (Å²) in [5.41, 5.74) is 7.58. The Bertz CT molecular complexity index is 416. The van der Waals surface area contributed by atoms with Gasteiger partial charge in [0.15, 0.2) is 0 Å². The highest BCUT2D eigenvalue weighted by molar-refractivity contribution is 6.07. The lowest BCUT2D eigenvalue weighted by atomic mass is 9.61. The van der Waals surface area contributed by atoms with Crippen molar-refractivity contribution in [1.82, 2.24) is 0 Å². The molecule has 3 rings (SSSR count). The zero-order chi connectivity index (χ0) is 9.76. The van der Waals surface area contributed by atoms with Crippen molar-refractivity contribution in [2.75, 3.05) is 5.32 Å². The van der Waals surface area contributed by atoms with E-state index in [-0.39, 0.29) is 11.9 Å². The van der Waals surface area contributed by atoms with E-state index in [9.17, 15) is 4.79 Å². The van der Waals surface area contributed by atoms with Crippen molar-refractivity contribution in [3.63, 3.8) is 0 Å². The fraction of sp³-hybridized carbons (Fsp3) is 0.364. The van der Waals surface area contributed by atoms with Gasteiger partial charge in [0.25, 0.3) is 0 Å². The summed E-state index contributed by atoms with van der Waals surface area (Å²) >= 11 is 0. The average Bonchev–Trinajstić information content (AvgIpc) is 2.49. The SMILES string of the molecule is N[C@@H]1CC[C@]12C(=O)Nc1ccccc12. The number of carbonyl (C=O) groups is 1. The molecule has 3 N–H and O–H groups in total. The molecule has 3 heteroatoms. The molecule has 72 valence electrons. The van der Waals surface area contributed by atoms with Crippen LogP contribution in [-0.2, 0) is 10.2 Å². The van der Waals surface area contributed by atoms with Crippen molar-refractivity contribution in [3.8, 4) is 0 Å². The van der Waals surface area contributed by atoms with Crippen LogP contribution in [0.1, 0.15) is 18.4 Å². The lowest BCUT2D eigenvalue weighted by molar-refractivity contribution is -0.124. The van der Waals surface area contributed by atoms with E-state index in [1.807, 2.05) is 24.3 Å². The van der Waals surface area contributed by atoms with Gasteiger partial charge in [-0.1, -0.05) is 18.2 Å². The molecule has 0 unspecified atom stereocenters. The van der Waals surface area contributed by atoms with Crippen LogP contribution in [-0.4, -0.2) is 11.9 Å². The van der Waals surface area contributed by atoms with Gasteiger partial charge >= 0.3 is 0 Å². The zero-order valence-electron chi connectivity index (χ0n) is 7.79. The normalized spacial score (nSPS) is 33.8. The maximum absolute atomic E-state index is 11.9. The second kappa shape index (κ2) is 2.36. The average molecular weight is 188 g/mol. The van der Waals surface area contributed by atoms with Crippen LogP contribution in [0, 0.1) is 0 Å². The topological polar surface area (TPSA) is 55.1 Å². The van der Waals surface area contributed by atoms with Gasteiger partial charge in [-0.2, -0.15) is 0 Å². The predicted octanol–water partition coefficient (Wildman–Crippen LogP) is 0.998. The number of nitrogens with one attached hydrogen (secondary N) is 1. The van der Waals surface area contributed by atoms with Gasteiger partial charge in [-0.05, 0) is 24.5 Å². The summed E-state index contributed by atoms with van der Waals surface area (Å²) in [5, 5.41) is 2.90. The third kappa shape index (κ3) is 0.700. The third-order valence-corrected chi connectivity index (χ3v) is 3.54. The predicted molar refractivity (Wildman–Crippen MR) is 54.0 cm³/mol. The Morgan fingerprint density at radius 1 is 1.43 bits per heavy atom. The maximum Gasteiger partial charge on any atom is 0.236 e. The number of anilines is 1. The Hall–Kier alpha value is -1.35. The van der Waals surface area contributed by atoms with Crippen LogP contribution < -0.4 is 11.1 Å². The first-order chi connectivity index (χ1) is 6.75. The molecule has 1 aromatic rings. The van der Waals surface area contributed by atoms with Gasteiger partial charge in [0.1, 0.15) is 0 Å². The standard InChI is InChI=1S/C11H12N2O/c12-9-5-6-11(9)7-3-1-2-4-8(7)13-10(11)14/h1-4,9H,5-6,12H2,(H,13,14)/t9-,11-/m1/s1. The lowest BCUT2D eigenvalue weighted by Crippen LogP contribution is -2.58. The molecule has 0 bridgehead atoms. The molecule has 1 spiro atoms. The minimum Gasteiger partial charge on any atom is -0.326 e. The third-order valence-electron chi connectivity index (χ3n) is 3.54. The van der Waals surface area contributed by atoms with Crippen LogP contribution in [0.4, 0.5) is 5.69 Å². The van der Waals surface area contributed by atoms with E-state index in [0.29, 0.717) is 0 Å². The molecule has 1 amide bonds. The smallest absolute Gasteiger partial charge is 0.236 e. The zero-order valence-corrected chi connectivity index (χ0v) is 7.79. The molecule has 0 saturated heterocycles. The van der Waals surface area contributed by atoms with Gasteiger partial charge in [0, 0.05) is 11.7 Å². The number of hydrogen-bond acceptors (Lipinski definition) is 2. The summed E-state index contributed by atoms with van der Waals surface area (Å²) in [6.45, 7) is 0. The molecule has 1 heterocycles. The second-order valence-corrected chi connectivity index (χ2v) is 4.12. The monoisotopic (exact) mass is 188 g/mol. The summed E-state index contributed by atoms with van der Waals surface area (Å²) in [5.74, 6) is 0.0810. The van der Waals surface area contributed by atoms with E-state index in [0.717, 1.165) is 24.1 Å². The molecule has 0 aromatic heterocycles. The van der Waals surface area contributed by atoms with Crippen LogP contribution in [0.5, 0.6) is 0 Å². The summed E-state index contributed by atoms with van der Waals surface area (Å²) < 4.78 is 0. The van der Waals surface area contributed by atoms with Crippen LogP contribution in [0.15, 0.2) is 24.3 Å². The van der Waals surface area contributed by atoms with Crippen molar-refractivity contribution in [1.29, 1.82) is 0 Å². The molecule has 1 fully saturated rings. The fourth-order valence-electron chi connectivity index (χ4n) is 2.55. The molecule has 3 nitrogen and oxygen atoms in total. The minimum absolute atomic E-state index is 0.00819. The van der Waals surface area contributed by atoms with Gasteiger partial charge < -0.3 is 11.1 Å². The van der Waals surface area contributed by atoms with Gasteiger partial charge in [-0.25, -0.2) is 0 Å². The number of hydrogen-bond donors (Lipinski definition) is 2. The highest BCUT2D eigenvalue weighted by atomic mass is 16.2. The quantitative estimate of drug-likeness (QED) is 0.638. The Morgan fingerprint density at radius 2 is 2.21 bits per heavy atom. The molecule has 1 aliphatic carbocycles. The highest BCUT2D eigenvalue weighted by Crippen LogP contribution is 2.49. The molecular weight excluding hydrogens is 176 g/mol. The first kappa shape index (κ1) is 8.00. The minimum atomic E-state index is -0.406. The number of benzene rings is 1. The van der Waals surface area contributed by atoms with Crippen molar-refractivity contribution in [3.05, 3.63) is 29.8 Å². The van der Waals surface area contributed by atoms with Crippen LogP contribution in [0.3, 0.4) is 0 Å². The van der Waals surface area contributed by atoms with E-state index < -0.39 is 5.41 Å². The van der Waals surface area contributed by atoms with Gasteiger partial charge in [0.2, 0.25) is 5.91 Å². The maximum atomic E-state index is 11.9. The van der Waals surface area contributed by atoms with E-state index in [4.69, 9.17) is 5.73 Å². The number of para-hydroxylation sites is 1. The van der Waals surface area contributed by atoms with Crippen LogP contribution in [0.2, 0.25) is 0 Å². The number of rotatable bonds is 0. The van der Waals surface area contributed by atoms with Crippen molar-refractivity contribution in [2.45, 2.75) is 24.3 Å². The number of fused-ring (bicyclic) bond motifs is 2. The van der Waals surface area contributed by atoms with E-state index in [1.54, 1.807) is 0 Å². The molecule has 2 atom stereocenters. The number of carbonyl (C=O) groups excluding carboxylic acids is 1. The van der Waals surface area contributed by atoms with Crippen molar-refractivity contribution >= 4 is 11.6 Å². The Kier molecular flexibility index (Phi) is 1.35. The highest BCUT2D eigenvalue weighted by Gasteiger charge is 2.56. The Labute approximate surface area is 82.3 Å². The first-order valence-electron chi connectivity index (χ1n) is 4.92. The van der Waals surface area contributed by atoms with Crippen molar-refractivity contribution < 1.29 is 4.79 Å². The summed E-state index contributed by atoms with van der Waals surface area (Å²) in [6, 6.07) is 7.83. The largest absolute Gasteiger partial charge is 0.326 e. The number of amides is 1. The lowest BCUT2D eigenvalue weighted by Gasteiger charge is -2.42. The molecule has 1 aromatic carbocycles.